The van der Waals surface area contributed by atoms with Crippen molar-refractivity contribution in [2.24, 2.45) is 0 Å². The highest BCUT2D eigenvalue weighted by molar-refractivity contribution is 5.95. The average molecular weight is 491 g/mol. The Balaban J connectivity index is 1.38. The van der Waals surface area contributed by atoms with Gasteiger partial charge in [-0.2, -0.15) is 0 Å². The number of carbonyl (C=O) groups excluding carboxylic acids is 3. The topological polar surface area (TPSA) is 134 Å². The molecule has 0 saturated carbocycles. The summed E-state index contributed by atoms with van der Waals surface area (Å²) in [6.07, 6.45) is 0.824. The van der Waals surface area contributed by atoms with Crippen molar-refractivity contribution in [3.05, 3.63) is 89.5 Å². The molecule has 1 heterocycles. The maximum absolute atomic E-state index is 12.9. The number of phenolic OH excluding ortho intramolecular Hbond substituents is 2. The number of amides is 1. The van der Waals surface area contributed by atoms with E-state index in [-0.39, 0.29) is 28.7 Å². The number of rotatable bonds is 6. The molecule has 0 aliphatic carbocycles. The molecule has 4 N–H and O–H groups in total. The van der Waals surface area contributed by atoms with E-state index >= 15 is 0 Å². The van der Waals surface area contributed by atoms with Crippen LogP contribution < -0.4 is 15.4 Å². The van der Waals surface area contributed by atoms with Crippen LogP contribution >= 0.6 is 0 Å². The van der Waals surface area contributed by atoms with Crippen LogP contribution in [0.5, 0.6) is 17.2 Å². The third-order valence-electron chi connectivity index (χ3n) is 5.76. The van der Waals surface area contributed by atoms with Crippen LogP contribution in [0.4, 0.5) is 0 Å². The third-order valence-corrected chi connectivity index (χ3v) is 5.76. The van der Waals surface area contributed by atoms with Gasteiger partial charge in [-0.05, 0) is 92.2 Å². The first-order valence-electron chi connectivity index (χ1n) is 11.5. The molecule has 1 aliphatic rings. The average Bonchev–Trinajstić information content (AvgIpc) is 3.10. The minimum atomic E-state index is -0.588. The van der Waals surface area contributed by atoms with Gasteiger partial charge in [-0.1, -0.05) is 0 Å². The molecule has 36 heavy (non-hydrogen) atoms. The van der Waals surface area contributed by atoms with E-state index in [9.17, 15) is 24.6 Å². The highest BCUT2D eigenvalue weighted by Gasteiger charge is 2.29. The summed E-state index contributed by atoms with van der Waals surface area (Å²) in [4.78, 5) is 37.7. The zero-order valence-corrected chi connectivity index (χ0v) is 19.3. The van der Waals surface area contributed by atoms with Gasteiger partial charge in [0, 0.05) is 12.1 Å². The van der Waals surface area contributed by atoms with Crippen LogP contribution in [0, 0.1) is 0 Å². The van der Waals surface area contributed by atoms with E-state index in [1.807, 2.05) is 0 Å². The molecule has 0 bridgehead atoms. The van der Waals surface area contributed by atoms with Crippen LogP contribution in [-0.4, -0.2) is 53.3 Å². The fraction of sp³-hybridized carbons (Fsp3) is 0.222. The van der Waals surface area contributed by atoms with Crippen molar-refractivity contribution in [3.63, 3.8) is 0 Å². The molecule has 1 amide bonds. The first-order valence-corrected chi connectivity index (χ1v) is 11.5. The maximum atomic E-state index is 12.9. The van der Waals surface area contributed by atoms with E-state index < -0.39 is 24.1 Å². The van der Waals surface area contributed by atoms with E-state index in [4.69, 9.17) is 9.47 Å². The van der Waals surface area contributed by atoms with Gasteiger partial charge >= 0.3 is 11.9 Å². The molecule has 1 fully saturated rings. The number of ether oxygens (including phenoxy) is 2. The van der Waals surface area contributed by atoms with Crippen LogP contribution in [0.15, 0.2) is 72.8 Å². The number of aromatic hydroxyl groups is 2. The van der Waals surface area contributed by atoms with Crippen LogP contribution in [0.2, 0.25) is 0 Å². The van der Waals surface area contributed by atoms with Crippen molar-refractivity contribution in [2.75, 3.05) is 13.1 Å². The fourth-order valence-electron chi connectivity index (χ4n) is 3.80. The number of carbonyl (C=O) groups is 3. The smallest absolute Gasteiger partial charge is 0.343 e. The van der Waals surface area contributed by atoms with E-state index in [0.717, 1.165) is 13.0 Å². The summed E-state index contributed by atoms with van der Waals surface area (Å²) < 4.78 is 11.0. The molecule has 1 saturated heterocycles. The molecule has 0 spiro atoms. The van der Waals surface area contributed by atoms with Gasteiger partial charge in [-0.15, -0.1) is 0 Å². The van der Waals surface area contributed by atoms with Crippen LogP contribution in [0.25, 0.3) is 0 Å². The lowest BCUT2D eigenvalue weighted by Crippen LogP contribution is -2.49. The van der Waals surface area contributed by atoms with Crippen LogP contribution in [0.1, 0.15) is 43.9 Å². The van der Waals surface area contributed by atoms with Gasteiger partial charge in [0.25, 0.3) is 5.91 Å². The van der Waals surface area contributed by atoms with Gasteiger partial charge in [0.15, 0.2) is 0 Å². The summed E-state index contributed by atoms with van der Waals surface area (Å²) in [6.45, 7) is 1.17. The minimum absolute atomic E-state index is 0.0446. The molecule has 186 valence electrons. The highest BCUT2D eigenvalue weighted by Crippen LogP contribution is 2.18. The number of nitrogens with one attached hydrogen (secondary N) is 2. The Labute approximate surface area is 207 Å². The molecule has 2 atom stereocenters. The lowest BCUT2D eigenvalue weighted by molar-refractivity contribution is 0.0192. The number of hydrogen-bond donors (Lipinski definition) is 4. The number of hydrogen-bond acceptors (Lipinski definition) is 8. The Morgan fingerprint density at radius 3 is 1.94 bits per heavy atom. The van der Waals surface area contributed by atoms with E-state index in [1.165, 1.54) is 72.8 Å². The summed E-state index contributed by atoms with van der Waals surface area (Å²) in [7, 11) is 0. The van der Waals surface area contributed by atoms with Crippen molar-refractivity contribution in [2.45, 2.75) is 25.0 Å². The quantitative estimate of drug-likeness (QED) is 0.306. The van der Waals surface area contributed by atoms with Crippen molar-refractivity contribution < 1.29 is 34.1 Å². The molecular weight excluding hydrogens is 464 g/mol. The SMILES string of the molecule is O=C(N[C@@H]1CNCCC[C@H]1OC(=O)c1ccc(O)cc1)c1ccc(OC(=O)c2ccc(O)cc2)cc1. The molecule has 0 aromatic heterocycles. The van der Waals surface area contributed by atoms with Gasteiger partial charge in [0.2, 0.25) is 0 Å². The molecule has 4 rings (SSSR count). The summed E-state index contributed by atoms with van der Waals surface area (Å²) in [5.74, 6) is -1.11. The largest absolute Gasteiger partial charge is 0.508 e. The van der Waals surface area contributed by atoms with Gasteiger partial charge in [0.05, 0.1) is 17.2 Å². The molecule has 9 nitrogen and oxygen atoms in total. The summed E-state index contributed by atoms with van der Waals surface area (Å²) >= 11 is 0. The molecule has 1 aliphatic heterocycles. The molecule has 3 aromatic rings. The van der Waals surface area contributed by atoms with Gasteiger partial charge in [-0.25, -0.2) is 9.59 Å². The Hall–Kier alpha value is -4.37. The molecule has 0 radical (unpaired) electrons. The fourth-order valence-corrected chi connectivity index (χ4v) is 3.80. The van der Waals surface area contributed by atoms with E-state index in [2.05, 4.69) is 10.6 Å². The molecule has 3 aromatic carbocycles. The van der Waals surface area contributed by atoms with Crippen molar-refractivity contribution in [1.82, 2.24) is 10.6 Å². The zero-order valence-electron chi connectivity index (χ0n) is 19.3. The highest BCUT2D eigenvalue weighted by atomic mass is 16.5. The summed E-state index contributed by atoms with van der Waals surface area (Å²) in [5.41, 5.74) is 0.947. The zero-order chi connectivity index (χ0) is 25.5. The Kier molecular flexibility index (Phi) is 7.82. The number of phenols is 2. The summed E-state index contributed by atoms with van der Waals surface area (Å²) in [5, 5.41) is 24.9. The molecular formula is C27H26N2O7. The number of benzene rings is 3. The van der Waals surface area contributed by atoms with Crippen LogP contribution in [-0.2, 0) is 4.74 Å². The lowest BCUT2D eigenvalue weighted by atomic mass is 10.1. The second-order valence-corrected chi connectivity index (χ2v) is 8.38. The standard InChI is InChI=1S/C27H26N2O7/c30-20-9-3-18(4-10-20)26(33)35-22-13-7-17(8-14-22)25(32)29-23-16-28-15-1-2-24(23)36-27(34)19-5-11-21(31)12-6-19/h3-14,23-24,28,30-31H,1-2,15-16H2,(H,29,32)/t23-,24-/m1/s1. The normalized spacial score (nSPS) is 17.4. The Bertz CT molecular complexity index is 1210. The Morgan fingerprint density at radius 2 is 1.33 bits per heavy atom. The van der Waals surface area contributed by atoms with Gasteiger partial charge in [0.1, 0.15) is 23.4 Å². The minimum Gasteiger partial charge on any atom is -0.508 e. The monoisotopic (exact) mass is 490 g/mol. The predicted molar refractivity (Wildman–Crippen MR) is 130 cm³/mol. The van der Waals surface area contributed by atoms with Crippen molar-refractivity contribution >= 4 is 17.8 Å². The van der Waals surface area contributed by atoms with E-state index in [0.29, 0.717) is 24.1 Å². The second-order valence-electron chi connectivity index (χ2n) is 8.38. The number of esters is 2. The van der Waals surface area contributed by atoms with Gasteiger partial charge in [-0.3, -0.25) is 4.79 Å². The Morgan fingerprint density at radius 1 is 0.778 bits per heavy atom. The summed E-state index contributed by atoms with van der Waals surface area (Å²) in [6, 6.07) is 17.1. The predicted octanol–water partition coefficient (Wildman–Crippen LogP) is 3.02. The first-order chi connectivity index (χ1) is 17.4. The first kappa shape index (κ1) is 24.7. The second kappa shape index (κ2) is 11.4. The van der Waals surface area contributed by atoms with E-state index in [1.54, 1.807) is 0 Å². The van der Waals surface area contributed by atoms with Gasteiger partial charge < -0.3 is 30.3 Å². The van der Waals surface area contributed by atoms with Crippen molar-refractivity contribution in [3.8, 4) is 17.2 Å². The third kappa shape index (κ3) is 6.39. The maximum Gasteiger partial charge on any atom is 0.343 e. The lowest BCUT2D eigenvalue weighted by Gasteiger charge is -2.26. The van der Waals surface area contributed by atoms with Crippen molar-refractivity contribution in [1.29, 1.82) is 0 Å². The van der Waals surface area contributed by atoms with Crippen LogP contribution in [0.3, 0.4) is 0 Å². The molecule has 9 heteroatoms. The molecule has 0 unspecified atom stereocenters.